The molecule has 2 unspecified atom stereocenters. The van der Waals surface area contributed by atoms with Crippen LogP contribution in [0.15, 0.2) is 12.1 Å². The van der Waals surface area contributed by atoms with E-state index in [1.165, 1.54) is 11.3 Å². The predicted octanol–water partition coefficient (Wildman–Crippen LogP) is 2.83. The molecular weight excluding hydrogens is 266 g/mol. The van der Waals surface area contributed by atoms with Crippen LogP contribution in [0, 0.1) is 0 Å². The summed E-state index contributed by atoms with van der Waals surface area (Å²) in [6.07, 6.45) is 0.411. The maximum Gasteiger partial charge on any atom is 0.407 e. The highest BCUT2D eigenvalue weighted by atomic mass is 32.1. The average Bonchev–Trinajstić information content (AvgIpc) is 2.82. The van der Waals surface area contributed by atoms with Gasteiger partial charge < -0.3 is 15.2 Å². The van der Waals surface area contributed by atoms with E-state index in [0.717, 1.165) is 11.3 Å². The Kier molecular flexibility index (Phi) is 3.54. The minimum Gasteiger partial charge on any atom is -0.477 e. The van der Waals surface area contributed by atoms with Gasteiger partial charge in [0.15, 0.2) is 0 Å². The summed E-state index contributed by atoms with van der Waals surface area (Å²) in [6, 6.07) is 3.47. The largest absolute Gasteiger partial charge is 0.477 e. The summed E-state index contributed by atoms with van der Waals surface area (Å²) < 4.78 is 5.18. The van der Waals surface area contributed by atoms with E-state index in [1.807, 2.05) is 26.8 Å². The van der Waals surface area contributed by atoms with E-state index in [2.05, 4.69) is 5.32 Å². The molecule has 0 aliphatic heterocycles. The van der Waals surface area contributed by atoms with Crippen molar-refractivity contribution in [1.82, 2.24) is 5.32 Å². The number of carbonyl (C=O) groups excluding carboxylic acids is 1. The number of hydrogen-bond acceptors (Lipinski definition) is 4. The van der Waals surface area contributed by atoms with Gasteiger partial charge in [-0.1, -0.05) is 0 Å². The summed E-state index contributed by atoms with van der Waals surface area (Å²) >= 11 is 1.26. The molecule has 6 heteroatoms. The zero-order chi connectivity index (χ0) is 14.2. The van der Waals surface area contributed by atoms with Crippen molar-refractivity contribution in [3.8, 4) is 0 Å². The van der Waals surface area contributed by atoms with Crippen molar-refractivity contribution in [2.45, 2.75) is 44.8 Å². The van der Waals surface area contributed by atoms with Crippen molar-refractivity contribution in [3.63, 3.8) is 0 Å². The predicted molar refractivity (Wildman–Crippen MR) is 71.8 cm³/mol. The molecule has 2 N–H and O–H groups in total. The van der Waals surface area contributed by atoms with Crippen LogP contribution in [0.25, 0.3) is 0 Å². The van der Waals surface area contributed by atoms with Gasteiger partial charge >= 0.3 is 12.1 Å². The lowest BCUT2D eigenvalue weighted by molar-refractivity contribution is 0.0522. The van der Waals surface area contributed by atoms with Gasteiger partial charge in [0, 0.05) is 16.8 Å². The molecule has 1 fully saturated rings. The maximum absolute atomic E-state index is 11.6. The van der Waals surface area contributed by atoms with E-state index >= 15 is 0 Å². The Morgan fingerprint density at radius 3 is 2.63 bits per heavy atom. The van der Waals surface area contributed by atoms with Gasteiger partial charge in [0.25, 0.3) is 0 Å². The third kappa shape index (κ3) is 3.70. The van der Waals surface area contributed by atoms with Gasteiger partial charge in [0.1, 0.15) is 10.5 Å². The number of hydrogen-bond donors (Lipinski definition) is 2. The Morgan fingerprint density at radius 1 is 1.42 bits per heavy atom. The van der Waals surface area contributed by atoms with Crippen LogP contribution in [0.2, 0.25) is 0 Å². The number of amides is 1. The average molecular weight is 283 g/mol. The number of alkyl carbamates (subject to hydrolysis) is 1. The molecule has 1 aromatic heterocycles. The van der Waals surface area contributed by atoms with Gasteiger partial charge in [0.2, 0.25) is 0 Å². The van der Waals surface area contributed by atoms with Crippen LogP contribution in [-0.4, -0.2) is 28.8 Å². The number of carboxylic acid groups (broad SMARTS) is 1. The molecule has 2 atom stereocenters. The van der Waals surface area contributed by atoms with Crippen LogP contribution < -0.4 is 5.32 Å². The highest BCUT2D eigenvalue weighted by Crippen LogP contribution is 2.43. The molecule has 1 aliphatic carbocycles. The van der Waals surface area contributed by atoms with E-state index < -0.39 is 17.7 Å². The highest BCUT2D eigenvalue weighted by Gasteiger charge is 2.41. The Bertz CT molecular complexity index is 503. The zero-order valence-corrected chi connectivity index (χ0v) is 11.9. The van der Waals surface area contributed by atoms with E-state index in [1.54, 1.807) is 6.07 Å². The number of rotatable bonds is 3. The number of ether oxygens (including phenoxy) is 1. The fourth-order valence-electron chi connectivity index (χ4n) is 1.79. The van der Waals surface area contributed by atoms with Gasteiger partial charge in [-0.3, -0.25) is 0 Å². The van der Waals surface area contributed by atoms with Crippen molar-refractivity contribution in [1.29, 1.82) is 0 Å². The molecule has 1 aliphatic rings. The summed E-state index contributed by atoms with van der Waals surface area (Å²) in [5, 5.41) is 11.7. The fraction of sp³-hybridized carbons (Fsp3) is 0.538. The number of thiophene rings is 1. The number of carbonyl (C=O) groups is 2. The Morgan fingerprint density at radius 2 is 2.11 bits per heavy atom. The third-order valence-corrected chi connectivity index (χ3v) is 3.90. The quantitative estimate of drug-likeness (QED) is 0.894. The SMILES string of the molecule is CC(C)(C)OC(=O)NC1CC1c1ccc(C(=O)O)s1. The molecule has 19 heavy (non-hydrogen) atoms. The Balaban J connectivity index is 1.87. The molecule has 0 bridgehead atoms. The maximum atomic E-state index is 11.6. The fourth-order valence-corrected chi connectivity index (χ4v) is 2.82. The van der Waals surface area contributed by atoms with Gasteiger partial charge in [0.05, 0.1) is 0 Å². The van der Waals surface area contributed by atoms with Crippen molar-refractivity contribution >= 4 is 23.4 Å². The van der Waals surface area contributed by atoms with Gasteiger partial charge in [-0.25, -0.2) is 9.59 Å². The number of nitrogens with one attached hydrogen (secondary N) is 1. The Labute approximate surface area is 115 Å². The first-order chi connectivity index (χ1) is 8.76. The molecule has 0 spiro atoms. The molecule has 0 radical (unpaired) electrons. The van der Waals surface area contributed by atoms with Crippen LogP contribution in [0.4, 0.5) is 4.79 Å². The summed E-state index contributed by atoms with van der Waals surface area (Å²) in [5.41, 5.74) is -0.506. The van der Waals surface area contributed by atoms with Crippen molar-refractivity contribution in [3.05, 3.63) is 21.9 Å². The second-order valence-electron chi connectivity index (χ2n) is 5.60. The van der Waals surface area contributed by atoms with E-state index in [-0.39, 0.29) is 12.0 Å². The lowest BCUT2D eigenvalue weighted by atomic mass is 10.2. The molecule has 1 heterocycles. The number of carboxylic acids is 1. The standard InChI is InChI=1S/C13H17NO4S/c1-13(2,3)18-12(17)14-8-6-7(8)9-4-5-10(19-9)11(15)16/h4-5,7-8H,6H2,1-3H3,(H,14,17)(H,15,16). The molecule has 0 saturated heterocycles. The topological polar surface area (TPSA) is 75.6 Å². The molecule has 0 aromatic carbocycles. The Hall–Kier alpha value is -1.56. The van der Waals surface area contributed by atoms with E-state index in [9.17, 15) is 9.59 Å². The molecule has 1 amide bonds. The molecular formula is C13H17NO4S. The molecule has 104 valence electrons. The minimum absolute atomic E-state index is 0.0511. The first-order valence-corrected chi connectivity index (χ1v) is 6.90. The van der Waals surface area contributed by atoms with Crippen molar-refractivity contribution < 1.29 is 19.4 Å². The monoisotopic (exact) mass is 283 g/mol. The summed E-state index contributed by atoms with van der Waals surface area (Å²) in [6.45, 7) is 5.44. The van der Waals surface area contributed by atoms with E-state index in [0.29, 0.717) is 4.88 Å². The lowest BCUT2D eigenvalue weighted by Crippen LogP contribution is -2.34. The second-order valence-corrected chi connectivity index (χ2v) is 6.72. The van der Waals surface area contributed by atoms with Gasteiger partial charge in [-0.2, -0.15) is 0 Å². The molecule has 2 rings (SSSR count). The molecule has 5 nitrogen and oxygen atoms in total. The lowest BCUT2D eigenvalue weighted by Gasteiger charge is -2.19. The second kappa shape index (κ2) is 4.85. The molecule has 1 saturated carbocycles. The van der Waals surface area contributed by atoms with Gasteiger partial charge in [-0.15, -0.1) is 11.3 Å². The smallest absolute Gasteiger partial charge is 0.407 e. The minimum atomic E-state index is -0.909. The first-order valence-electron chi connectivity index (χ1n) is 6.09. The highest BCUT2D eigenvalue weighted by molar-refractivity contribution is 7.14. The third-order valence-electron chi connectivity index (χ3n) is 2.70. The van der Waals surface area contributed by atoms with Crippen LogP contribution in [0.5, 0.6) is 0 Å². The summed E-state index contributed by atoms with van der Waals surface area (Å²) in [7, 11) is 0. The van der Waals surface area contributed by atoms with Crippen molar-refractivity contribution in [2.24, 2.45) is 0 Å². The van der Waals surface area contributed by atoms with Crippen LogP contribution >= 0.6 is 11.3 Å². The van der Waals surface area contributed by atoms with Crippen molar-refractivity contribution in [2.75, 3.05) is 0 Å². The normalized spacial score (nSPS) is 21.8. The number of aromatic carboxylic acids is 1. The first kappa shape index (κ1) is 13.9. The van der Waals surface area contributed by atoms with Crippen LogP contribution in [0.3, 0.4) is 0 Å². The van der Waals surface area contributed by atoms with Crippen LogP contribution in [0.1, 0.15) is 47.7 Å². The summed E-state index contributed by atoms with van der Waals surface area (Å²) in [5.74, 6) is -0.695. The van der Waals surface area contributed by atoms with Crippen LogP contribution in [-0.2, 0) is 4.74 Å². The van der Waals surface area contributed by atoms with Gasteiger partial charge in [-0.05, 0) is 39.3 Å². The molecule has 1 aromatic rings. The summed E-state index contributed by atoms with van der Waals surface area (Å²) in [4.78, 5) is 23.7. The van der Waals surface area contributed by atoms with E-state index in [4.69, 9.17) is 9.84 Å². The zero-order valence-electron chi connectivity index (χ0n) is 11.1.